The van der Waals surface area contributed by atoms with E-state index in [-0.39, 0.29) is 0 Å². The Morgan fingerprint density at radius 3 is 1.35 bits per heavy atom. The highest BCUT2D eigenvalue weighted by molar-refractivity contribution is 5.52. The highest BCUT2D eigenvalue weighted by atomic mass is 14.6. The van der Waals surface area contributed by atoms with Gasteiger partial charge in [-0.2, -0.15) is 0 Å². The average Bonchev–Trinajstić information content (AvgIpc) is 2.60. The second-order valence-corrected chi connectivity index (χ2v) is 6.86. The molecule has 3 rings (SSSR count). The maximum Gasteiger partial charge on any atom is 0.0373 e. The summed E-state index contributed by atoms with van der Waals surface area (Å²) in [6.07, 6.45) is 0.919. The number of hydrogen-bond donors (Lipinski definition) is 3. The summed E-state index contributed by atoms with van der Waals surface area (Å²) in [6, 6.07) is 18.4. The van der Waals surface area contributed by atoms with Crippen molar-refractivity contribution in [1.29, 1.82) is 0 Å². The Kier molecular flexibility index (Phi) is 6.29. The zero-order valence-electron chi connectivity index (χ0n) is 16.1. The van der Waals surface area contributed by atoms with Crippen molar-refractivity contribution < 1.29 is 0 Å². The molecule has 0 saturated heterocycles. The van der Waals surface area contributed by atoms with Crippen molar-refractivity contribution in [3.05, 3.63) is 88.0 Å². The van der Waals surface area contributed by atoms with Crippen LogP contribution in [-0.2, 0) is 6.42 Å². The van der Waals surface area contributed by atoms with Gasteiger partial charge < -0.3 is 17.2 Å². The van der Waals surface area contributed by atoms with E-state index < -0.39 is 0 Å². The van der Waals surface area contributed by atoms with Crippen molar-refractivity contribution in [2.45, 2.75) is 34.1 Å². The van der Waals surface area contributed by atoms with Gasteiger partial charge >= 0.3 is 0 Å². The van der Waals surface area contributed by atoms with Gasteiger partial charge in [0.05, 0.1) is 0 Å². The Labute approximate surface area is 156 Å². The fourth-order valence-electron chi connectivity index (χ4n) is 2.76. The minimum Gasteiger partial charge on any atom is -0.399 e. The fraction of sp³-hybridized carbons (Fsp3) is 0.217. The van der Waals surface area contributed by atoms with Gasteiger partial charge in [0.2, 0.25) is 0 Å². The van der Waals surface area contributed by atoms with Crippen molar-refractivity contribution in [3.63, 3.8) is 0 Å². The van der Waals surface area contributed by atoms with E-state index in [1.165, 1.54) is 11.1 Å². The van der Waals surface area contributed by atoms with Crippen LogP contribution in [0.25, 0.3) is 0 Å². The summed E-state index contributed by atoms with van der Waals surface area (Å²) in [5.74, 6) is 0. The summed E-state index contributed by atoms with van der Waals surface area (Å²) in [5, 5.41) is 0. The van der Waals surface area contributed by atoms with E-state index in [9.17, 15) is 0 Å². The quantitative estimate of drug-likeness (QED) is 0.574. The molecule has 26 heavy (non-hydrogen) atoms. The molecule has 0 unspecified atom stereocenters. The third-order valence-electron chi connectivity index (χ3n) is 4.62. The maximum absolute atomic E-state index is 5.81. The van der Waals surface area contributed by atoms with E-state index in [2.05, 4.69) is 24.3 Å². The van der Waals surface area contributed by atoms with Gasteiger partial charge in [0.25, 0.3) is 0 Å². The molecule has 0 radical (unpaired) electrons. The topological polar surface area (TPSA) is 78.1 Å². The minimum atomic E-state index is 0.849. The first-order chi connectivity index (χ1) is 12.3. The number of nitrogens with two attached hydrogens (primary N) is 3. The first kappa shape index (κ1) is 19.4. The molecule has 0 aromatic heterocycles. The van der Waals surface area contributed by atoms with E-state index in [4.69, 9.17) is 17.2 Å². The molecule has 0 fully saturated rings. The number of benzene rings is 3. The summed E-state index contributed by atoms with van der Waals surface area (Å²) in [4.78, 5) is 0. The van der Waals surface area contributed by atoms with Crippen molar-refractivity contribution in [2.75, 3.05) is 17.2 Å². The van der Waals surface area contributed by atoms with Crippen molar-refractivity contribution in [2.24, 2.45) is 0 Å². The Hall–Kier alpha value is -2.94. The van der Waals surface area contributed by atoms with Gasteiger partial charge in [0.1, 0.15) is 0 Å². The predicted molar refractivity (Wildman–Crippen MR) is 114 cm³/mol. The zero-order chi connectivity index (χ0) is 19.3. The third-order valence-corrected chi connectivity index (χ3v) is 4.62. The molecule has 3 nitrogen and oxygen atoms in total. The summed E-state index contributed by atoms with van der Waals surface area (Å²) >= 11 is 0. The van der Waals surface area contributed by atoms with Crippen LogP contribution in [0.1, 0.15) is 33.4 Å². The summed E-state index contributed by atoms with van der Waals surface area (Å²) in [6.45, 7) is 8.10. The zero-order valence-corrected chi connectivity index (χ0v) is 16.1. The van der Waals surface area contributed by atoms with Gasteiger partial charge in [-0.15, -0.1) is 0 Å². The standard InChI is InChI=1S/C15H18N2.C8H11N/c1-10-7-12(3-5-14(10)16)9-13-4-6-15(17)11(2)8-13;1-6-4-3-5-7(2)8(6)9/h3-8H,9,16-17H2,1-2H3;3-5H,9H2,1-2H3. The van der Waals surface area contributed by atoms with E-state index in [0.717, 1.165) is 45.7 Å². The Balaban J connectivity index is 0.000000228. The molecule has 0 atom stereocenters. The molecule has 0 spiro atoms. The fourth-order valence-corrected chi connectivity index (χ4v) is 2.76. The number of aryl methyl sites for hydroxylation is 4. The number of hydrogen-bond acceptors (Lipinski definition) is 3. The Morgan fingerprint density at radius 1 is 0.577 bits per heavy atom. The molecule has 0 saturated carbocycles. The van der Waals surface area contributed by atoms with Gasteiger partial charge in [-0.25, -0.2) is 0 Å². The molecule has 0 aliphatic rings. The molecule has 0 aliphatic heterocycles. The first-order valence-electron chi connectivity index (χ1n) is 8.79. The van der Waals surface area contributed by atoms with Crippen LogP contribution in [0, 0.1) is 27.7 Å². The number of nitrogen functional groups attached to an aromatic ring is 3. The lowest BCUT2D eigenvalue weighted by molar-refractivity contribution is 1.17. The highest BCUT2D eigenvalue weighted by Gasteiger charge is 2.01. The van der Waals surface area contributed by atoms with Crippen LogP contribution in [-0.4, -0.2) is 0 Å². The van der Waals surface area contributed by atoms with Gasteiger partial charge in [-0.05, 0) is 79.6 Å². The van der Waals surface area contributed by atoms with Gasteiger partial charge in [0.15, 0.2) is 0 Å². The summed E-state index contributed by atoms with van der Waals surface area (Å²) < 4.78 is 0. The smallest absolute Gasteiger partial charge is 0.0373 e. The van der Waals surface area contributed by atoms with Crippen LogP contribution < -0.4 is 17.2 Å². The summed E-state index contributed by atoms with van der Waals surface area (Å²) in [5.41, 5.74) is 27.1. The normalized spacial score (nSPS) is 10.2. The molecular weight excluding hydrogens is 318 g/mol. The lowest BCUT2D eigenvalue weighted by Gasteiger charge is -2.07. The van der Waals surface area contributed by atoms with Gasteiger partial charge in [-0.1, -0.05) is 42.5 Å². The van der Waals surface area contributed by atoms with Crippen molar-refractivity contribution in [1.82, 2.24) is 0 Å². The van der Waals surface area contributed by atoms with Crippen LogP contribution >= 0.6 is 0 Å². The van der Waals surface area contributed by atoms with Crippen LogP contribution in [0.5, 0.6) is 0 Å². The van der Waals surface area contributed by atoms with Crippen LogP contribution in [0.4, 0.5) is 17.1 Å². The van der Waals surface area contributed by atoms with Gasteiger partial charge in [-0.3, -0.25) is 0 Å². The molecule has 0 amide bonds. The van der Waals surface area contributed by atoms with E-state index >= 15 is 0 Å². The van der Waals surface area contributed by atoms with Crippen LogP contribution in [0.3, 0.4) is 0 Å². The van der Waals surface area contributed by atoms with Crippen LogP contribution in [0.15, 0.2) is 54.6 Å². The second-order valence-electron chi connectivity index (χ2n) is 6.86. The molecule has 3 aromatic carbocycles. The Morgan fingerprint density at radius 2 is 1.00 bits per heavy atom. The second kappa shape index (κ2) is 8.43. The number of anilines is 3. The SMILES string of the molecule is Cc1cc(Cc2ccc(N)c(C)c2)ccc1N.Cc1cccc(C)c1N. The number of rotatable bonds is 2. The lowest BCUT2D eigenvalue weighted by Crippen LogP contribution is -1.95. The van der Waals surface area contributed by atoms with Crippen LogP contribution in [0.2, 0.25) is 0 Å². The van der Waals surface area contributed by atoms with Crippen molar-refractivity contribution >= 4 is 17.1 Å². The lowest BCUT2D eigenvalue weighted by atomic mass is 10.0. The summed E-state index contributed by atoms with van der Waals surface area (Å²) in [7, 11) is 0. The van der Waals surface area contributed by atoms with E-state index in [1.807, 2.05) is 58.0 Å². The largest absolute Gasteiger partial charge is 0.399 e. The molecule has 0 heterocycles. The van der Waals surface area contributed by atoms with E-state index in [0.29, 0.717) is 0 Å². The molecule has 0 aliphatic carbocycles. The maximum atomic E-state index is 5.81. The molecule has 0 bridgehead atoms. The predicted octanol–water partition coefficient (Wildman–Crippen LogP) is 4.94. The Bertz CT molecular complexity index is 828. The molecule has 3 heteroatoms. The average molecular weight is 348 g/mol. The van der Waals surface area contributed by atoms with Crippen molar-refractivity contribution in [3.8, 4) is 0 Å². The molecule has 3 aromatic rings. The first-order valence-corrected chi connectivity index (χ1v) is 8.79. The minimum absolute atomic E-state index is 0.849. The molecule has 136 valence electrons. The third kappa shape index (κ3) is 5.03. The number of para-hydroxylation sites is 1. The molecule has 6 N–H and O–H groups in total. The van der Waals surface area contributed by atoms with E-state index in [1.54, 1.807) is 0 Å². The van der Waals surface area contributed by atoms with Gasteiger partial charge in [0, 0.05) is 17.1 Å². The molecular formula is C23H29N3. The highest BCUT2D eigenvalue weighted by Crippen LogP contribution is 2.19. The monoisotopic (exact) mass is 347 g/mol.